The molecule has 0 aromatic carbocycles. The average molecular weight is 599 g/mol. The molecule has 0 amide bonds. The molecule has 12 nitrogen and oxygen atoms in total. The van der Waals surface area contributed by atoms with Gasteiger partial charge in [0.05, 0.1) is 23.9 Å². The summed E-state index contributed by atoms with van der Waals surface area (Å²) in [6, 6.07) is 1.12. The van der Waals surface area contributed by atoms with Crippen molar-refractivity contribution >= 4 is 23.9 Å². The third kappa shape index (κ3) is 19.5. The molecular formula is C16H28N4O8Pt. The standard InChI is InChI=1S/2C6H14N2.2C2H2O4.Pt/c2*7-5-3-1-2-4-6(5)8;2*3-1(4)2(5)6;/h2*5-6H,1-4,7-8H2;2*(H,3,4)(H,5,6);/q;;;;+4/p-4. The molecule has 0 spiro atoms. The van der Waals surface area contributed by atoms with Gasteiger partial charge in [-0.05, 0) is 25.7 Å². The number of hydrogen-bond donors (Lipinski definition) is 4. The number of carboxylic acids is 4. The van der Waals surface area contributed by atoms with Crippen LogP contribution in [0.25, 0.3) is 0 Å². The number of rotatable bonds is 0. The van der Waals surface area contributed by atoms with Crippen LogP contribution in [-0.2, 0) is 40.2 Å². The van der Waals surface area contributed by atoms with Crippen molar-refractivity contribution in [2.24, 2.45) is 22.9 Å². The number of hydrogen-bond acceptors (Lipinski definition) is 12. The van der Waals surface area contributed by atoms with Gasteiger partial charge in [-0.3, -0.25) is 0 Å². The van der Waals surface area contributed by atoms with Gasteiger partial charge in [0.15, 0.2) is 0 Å². The number of aliphatic carboxylic acids is 4. The molecule has 8 N–H and O–H groups in total. The number of carbonyl (C=O) groups is 4. The first-order chi connectivity index (χ1) is 12.9. The van der Waals surface area contributed by atoms with Gasteiger partial charge in [0.1, 0.15) is 0 Å². The molecule has 4 unspecified atom stereocenters. The summed E-state index contributed by atoms with van der Waals surface area (Å²) in [6.45, 7) is 0. The Balaban J connectivity index is -0.000000311. The number of nitrogens with two attached hydrogens (primary N) is 4. The van der Waals surface area contributed by atoms with Crippen molar-refractivity contribution in [1.29, 1.82) is 0 Å². The Hall–Kier alpha value is -1.59. The van der Waals surface area contributed by atoms with Crippen LogP contribution in [0.4, 0.5) is 0 Å². The van der Waals surface area contributed by atoms with Crippen LogP contribution in [0.15, 0.2) is 0 Å². The Morgan fingerprint density at radius 3 is 0.690 bits per heavy atom. The van der Waals surface area contributed by atoms with E-state index in [1.165, 1.54) is 25.7 Å². The molecule has 0 aromatic rings. The second-order valence-electron chi connectivity index (χ2n) is 6.37. The van der Waals surface area contributed by atoms with Crippen LogP contribution in [0, 0.1) is 0 Å². The Morgan fingerprint density at radius 1 is 0.483 bits per heavy atom. The van der Waals surface area contributed by atoms with Gasteiger partial charge in [-0.25, -0.2) is 0 Å². The molecule has 29 heavy (non-hydrogen) atoms. The molecule has 2 fully saturated rings. The minimum absolute atomic E-state index is 0. The molecule has 2 rings (SSSR count). The van der Waals surface area contributed by atoms with E-state index >= 15 is 0 Å². The number of carboxylic acid groups (broad SMARTS) is 4. The van der Waals surface area contributed by atoms with Crippen molar-refractivity contribution in [3.63, 3.8) is 0 Å². The summed E-state index contributed by atoms with van der Waals surface area (Å²) in [5.41, 5.74) is 22.6. The largest absolute Gasteiger partial charge is 4.00 e. The normalized spacial score (nSPS) is 25.0. The zero-order valence-corrected chi connectivity index (χ0v) is 18.1. The molecule has 0 radical (unpaired) electrons. The SMILES string of the molecule is NC1CCCCC1N.NC1CCCCC1N.O=C([O-])C(=O)[O-].O=C([O-])C(=O)[O-].[Pt+4]. The monoisotopic (exact) mass is 599 g/mol. The molecule has 2 saturated carbocycles. The van der Waals surface area contributed by atoms with Crippen molar-refractivity contribution < 1.29 is 60.7 Å². The third-order valence-corrected chi connectivity index (χ3v) is 4.08. The minimum atomic E-state index is -2.19. The van der Waals surface area contributed by atoms with Gasteiger partial charge in [0, 0.05) is 24.2 Å². The summed E-state index contributed by atoms with van der Waals surface area (Å²) in [5.74, 6) is -8.74. The molecule has 0 saturated heterocycles. The molecule has 170 valence electrons. The summed E-state index contributed by atoms with van der Waals surface area (Å²) in [7, 11) is 0. The van der Waals surface area contributed by atoms with Gasteiger partial charge >= 0.3 is 21.1 Å². The fourth-order valence-electron chi connectivity index (χ4n) is 2.38. The van der Waals surface area contributed by atoms with Gasteiger partial charge in [-0.1, -0.05) is 25.7 Å². The summed E-state index contributed by atoms with van der Waals surface area (Å²) >= 11 is 0. The van der Waals surface area contributed by atoms with Crippen LogP contribution in [0.3, 0.4) is 0 Å². The smallest absolute Gasteiger partial charge is 0.543 e. The fraction of sp³-hybridized carbons (Fsp3) is 0.750. The van der Waals surface area contributed by atoms with Crippen LogP contribution in [0.2, 0.25) is 0 Å². The van der Waals surface area contributed by atoms with E-state index in [1.807, 2.05) is 0 Å². The Bertz CT molecular complexity index is 421. The molecule has 0 aromatic heterocycles. The van der Waals surface area contributed by atoms with Gasteiger partial charge in [0.25, 0.3) is 0 Å². The molecule has 2 aliphatic rings. The molecular weight excluding hydrogens is 571 g/mol. The predicted molar refractivity (Wildman–Crippen MR) is 88.9 cm³/mol. The minimum Gasteiger partial charge on any atom is -0.543 e. The maximum atomic E-state index is 8.93. The van der Waals surface area contributed by atoms with Crippen LogP contribution < -0.4 is 43.4 Å². The predicted octanol–water partition coefficient (Wildman–Crippen LogP) is -6.60. The summed E-state index contributed by atoms with van der Waals surface area (Å²) in [6.07, 6.45) is 9.60. The van der Waals surface area contributed by atoms with E-state index in [2.05, 4.69) is 0 Å². The Labute approximate surface area is 183 Å². The second-order valence-corrected chi connectivity index (χ2v) is 6.37. The molecule has 13 heteroatoms. The summed E-state index contributed by atoms with van der Waals surface area (Å²) < 4.78 is 0. The molecule has 2 aliphatic carbocycles. The quantitative estimate of drug-likeness (QED) is 0.189. The van der Waals surface area contributed by atoms with E-state index < -0.39 is 23.9 Å². The van der Waals surface area contributed by atoms with Crippen molar-refractivity contribution in [2.45, 2.75) is 75.5 Å². The summed E-state index contributed by atoms with van der Waals surface area (Å²) in [5, 5.41) is 35.7. The first-order valence-corrected chi connectivity index (χ1v) is 8.77. The van der Waals surface area contributed by atoms with Gasteiger partial charge in [-0.15, -0.1) is 0 Å². The van der Waals surface area contributed by atoms with E-state index in [0.717, 1.165) is 25.7 Å². The van der Waals surface area contributed by atoms with Gasteiger partial charge in [-0.2, -0.15) is 0 Å². The topological polar surface area (TPSA) is 265 Å². The fourth-order valence-corrected chi connectivity index (χ4v) is 2.38. The van der Waals surface area contributed by atoms with Crippen molar-refractivity contribution in [1.82, 2.24) is 0 Å². The molecule has 0 aliphatic heterocycles. The van der Waals surface area contributed by atoms with Gasteiger partial charge in [0.2, 0.25) is 0 Å². The third-order valence-electron chi connectivity index (χ3n) is 4.08. The van der Waals surface area contributed by atoms with Crippen LogP contribution in [-0.4, -0.2) is 48.0 Å². The van der Waals surface area contributed by atoms with Crippen molar-refractivity contribution in [3.05, 3.63) is 0 Å². The summed E-state index contributed by atoms with van der Waals surface area (Å²) in [4.78, 5) is 35.7. The van der Waals surface area contributed by atoms with Crippen LogP contribution >= 0.6 is 0 Å². The van der Waals surface area contributed by atoms with E-state index in [1.54, 1.807) is 0 Å². The maximum absolute atomic E-state index is 8.93. The zero-order valence-electron chi connectivity index (χ0n) is 15.9. The average Bonchev–Trinajstić information content (AvgIpc) is 2.61. The second kappa shape index (κ2) is 18.4. The molecule has 0 bridgehead atoms. The van der Waals surface area contributed by atoms with Gasteiger partial charge < -0.3 is 62.5 Å². The molecule has 0 heterocycles. The number of carbonyl (C=O) groups excluding carboxylic acids is 4. The maximum Gasteiger partial charge on any atom is 4.00 e. The van der Waals surface area contributed by atoms with Crippen LogP contribution in [0.5, 0.6) is 0 Å². The van der Waals surface area contributed by atoms with E-state index in [9.17, 15) is 0 Å². The van der Waals surface area contributed by atoms with Crippen LogP contribution in [0.1, 0.15) is 51.4 Å². The Kier molecular flexibility index (Phi) is 20.4. The van der Waals surface area contributed by atoms with E-state index in [4.69, 9.17) is 62.5 Å². The van der Waals surface area contributed by atoms with Crippen molar-refractivity contribution in [3.8, 4) is 0 Å². The molecule has 4 atom stereocenters. The Morgan fingerprint density at radius 2 is 0.621 bits per heavy atom. The first-order valence-electron chi connectivity index (χ1n) is 8.77. The first kappa shape index (κ1) is 32.1. The van der Waals surface area contributed by atoms with Crippen molar-refractivity contribution in [2.75, 3.05) is 0 Å². The zero-order chi connectivity index (χ0) is 22.3. The van der Waals surface area contributed by atoms with E-state index in [0.29, 0.717) is 0 Å². The van der Waals surface area contributed by atoms with E-state index in [-0.39, 0.29) is 45.2 Å².